The number of ether oxygens (including phenoxy) is 2. The Labute approximate surface area is 218 Å². The molecule has 0 bridgehead atoms. The fraction of sp³-hybridized carbons (Fsp3) is 1.00. The van der Waals surface area contributed by atoms with Crippen molar-refractivity contribution < 1.29 is 9.47 Å². The van der Waals surface area contributed by atoms with Gasteiger partial charge in [0.25, 0.3) is 0 Å². The Balaban J connectivity index is 0.000000169. The summed E-state index contributed by atoms with van der Waals surface area (Å²) in [5, 5.41) is 0. The first kappa shape index (κ1) is 31.0. The van der Waals surface area contributed by atoms with Gasteiger partial charge in [0.15, 0.2) is 5.79 Å². The van der Waals surface area contributed by atoms with Crippen LogP contribution in [0.15, 0.2) is 0 Å². The molecule has 6 nitrogen and oxygen atoms in total. The monoisotopic (exact) mass is 496 g/mol. The van der Waals surface area contributed by atoms with E-state index in [0.29, 0.717) is 0 Å². The molecule has 5 heterocycles. The van der Waals surface area contributed by atoms with Gasteiger partial charge in [-0.2, -0.15) is 0 Å². The van der Waals surface area contributed by atoms with E-state index < -0.39 is 0 Å². The zero-order valence-corrected chi connectivity index (χ0v) is 24.1. The van der Waals surface area contributed by atoms with Crippen LogP contribution in [-0.4, -0.2) is 117 Å². The summed E-state index contributed by atoms with van der Waals surface area (Å²) in [5.41, 5.74) is 0. The first-order valence-corrected chi connectivity index (χ1v) is 15.3. The third-order valence-electron chi connectivity index (χ3n) is 8.32. The van der Waals surface area contributed by atoms with E-state index in [4.69, 9.17) is 9.47 Å². The van der Waals surface area contributed by atoms with Crippen LogP contribution in [0.3, 0.4) is 0 Å². The highest BCUT2D eigenvalue weighted by atomic mass is 16.7. The van der Waals surface area contributed by atoms with Crippen molar-refractivity contribution in [1.29, 1.82) is 0 Å². The third-order valence-corrected chi connectivity index (χ3v) is 8.32. The van der Waals surface area contributed by atoms with Crippen molar-refractivity contribution >= 4 is 0 Å². The predicted molar refractivity (Wildman–Crippen MR) is 149 cm³/mol. The average molecular weight is 497 g/mol. The molecule has 5 aliphatic rings. The van der Waals surface area contributed by atoms with Crippen molar-refractivity contribution in [3.8, 4) is 0 Å². The molecule has 1 spiro atoms. The van der Waals surface area contributed by atoms with Crippen LogP contribution >= 0.6 is 0 Å². The van der Waals surface area contributed by atoms with Gasteiger partial charge in [0, 0.05) is 25.9 Å². The maximum atomic E-state index is 5.63. The Hall–Kier alpha value is -0.240. The Kier molecular flexibility index (Phi) is 16.7. The summed E-state index contributed by atoms with van der Waals surface area (Å²) in [6.07, 6.45) is 13.5. The van der Waals surface area contributed by atoms with Crippen molar-refractivity contribution in [1.82, 2.24) is 19.6 Å². The first-order valence-electron chi connectivity index (χ1n) is 15.3. The molecule has 0 aromatic carbocycles. The van der Waals surface area contributed by atoms with E-state index in [0.717, 1.165) is 45.7 Å². The Bertz CT molecular complexity index is 455. The fourth-order valence-electron chi connectivity index (χ4n) is 5.65. The normalized spacial score (nSPS) is 25.7. The van der Waals surface area contributed by atoms with E-state index in [1.165, 1.54) is 110 Å². The molecule has 0 saturated carbocycles. The topological polar surface area (TPSA) is 31.4 Å². The molecule has 0 amide bonds. The summed E-state index contributed by atoms with van der Waals surface area (Å²) in [6.45, 7) is 25.7. The van der Waals surface area contributed by atoms with E-state index in [1.54, 1.807) is 0 Å². The van der Waals surface area contributed by atoms with Gasteiger partial charge in [0.05, 0.1) is 13.2 Å². The van der Waals surface area contributed by atoms with Crippen LogP contribution in [0.5, 0.6) is 0 Å². The van der Waals surface area contributed by atoms with E-state index in [9.17, 15) is 0 Å². The van der Waals surface area contributed by atoms with Crippen LogP contribution < -0.4 is 0 Å². The highest BCUT2D eigenvalue weighted by molar-refractivity contribution is 4.82. The number of likely N-dealkylation sites (tertiary alicyclic amines) is 4. The highest BCUT2D eigenvalue weighted by Crippen LogP contribution is 2.30. The van der Waals surface area contributed by atoms with Crippen molar-refractivity contribution in [2.75, 3.05) is 91.8 Å². The van der Waals surface area contributed by atoms with E-state index in [-0.39, 0.29) is 5.79 Å². The van der Waals surface area contributed by atoms with Gasteiger partial charge in [0.2, 0.25) is 0 Å². The molecule has 6 heteroatoms. The highest BCUT2D eigenvalue weighted by Gasteiger charge is 2.39. The maximum absolute atomic E-state index is 5.63. The number of piperidine rings is 3. The minimum Gasteiger partial charge on any atom is -0.347 e. The summed E-state index contributed by atoms with van der Waals surface area (Å²) in [5.74, 6) is -0.189. The molecule has 0 N–H and O–H groups in total. The van der Waals surface area contributed by atoms with Gasteiger partial charge in [0.1, 0.15) is 0 Å². The predicted octanol–water partition coefficient (Wildman–Crippen LogP) is 4.93. The molecule has 0 aromatic heterocycles. The van der Waals surface area contributed by atoms with Gasteiger partial charge in [-0.25, -0.2) is 0 Å². The summed E-state index contributed by atoms with van der Waals surface area (Å²) in [6, 6.07) is 0. The molecule has 0 unspecified atom stereocenters. The van der Waals surface area contributed by atoms with Crippen LogP contribution in [0, 0.1) is 0 Å². The van der Waals surface area contributed by atoms with Gasteiger partial charge in [-0.3, -0.25) is 0 Å². The van der Waals surface area contributed by atoms with Gasteiger partial charge in [-0.05, 0) is 104 Å². The molecule has 5 aliphatic heterocycles. The SMILES string of the molecule is CCN1CCC2(CC1)OCCO2.CCN1CCCC1.CCN1CCCCC1.CCN1CCCCC1. The first-order chi connectivity index (χ1) is 17.1. The van der Waals surface area contributed by atoms with Crippen LogP contribution in [0.4, 0.5) is 0 Å². The smallest absolute Gasteiger partial charge is 0.170 e. The zero-order chi connectivity index (χ0) is 25.2. The lowest BCUT2D eigenvalue weighted by Crippen LogP contribution is -2.44. The van der Waals surface area contributed by atoms with E-state index in [2.05, 4.69) is 47.3 Å². The van der Waals surface area contributed by atoms with Crippen molar-refractivity contribution in [2.24, 2.45) is 0 Å². The summed E-state index contributed by atoms with van der Waals surface area (Å²) in [7, 11) is 0. The molecular formula is C29H60N4O2. The minimum atomic E-state index is -0.189. The lowest BCUT2D eigenvalue weighted by atomic mass is 10.0. The molecule has 0 atom stereocenters. The number of rotatable bonds is 4. The van der Waals surface area contributed by atoms with Crippen LogP contribution in [0.1, 0.15) is 91.9 Å². The van der Waals surface area contributed by atoms with Gasteiger partial charge in [-0.15, -0.1) is 0 Å². The second-order valence-electron chi connectivity index (χ2n) is 10.7. The zero-order valence-electron chi connectivity index (χ0n) is 24.1. The second kappa shape index (κ2) is 18.9. The lowest BCUT2D eigenvalue weighted by Gasteiger charge is -2.36. The number of nitrogens with zero attached hydrogens (tertiary/aromatic N) is 4. The summed E-state index contributed by atoms with van der Waals surface area (Å²) >= 11 is 0. The van der Waals surface area contributed by atoms with Gasteiger partial charge < -0.3 is 29.1 Å². The molecule has 0 aliphatic carbocycles. The molecule has 35 heavy (non-hydrogen) atoms. The molecule has 5 saturated heterocycles. The summed E-state index contributed by atoms with van der Waals surface area (Å²) in [4.78, 5) is 9.96. The van der Waals surface area contributed by atoms with Crippen molar-refractivity contribution in [3.05, 3.63) is 0 Å². The average Bonchev–Trinajstić information content (AvgIpc) is 3.64. The van der Waals surface area contributed by atoms with Crippen LogP contribution in [0.2, 0.25) is 0 Å². The Morgan fingerprint density at radius 2 is 0.714 bits per heavy atom. The standard InChI is InChI=1S/C9H17NO2.2C7H15N.C6H13N/c1-2-10-5-3-9(4-6-10)11-7-8-12-9;2*1-2-8-6-4-3-5-7-8;1-2-7-5-3-4-6-7/h2-8H2,1H3;2*2-7H2,1H3;2-6H2,1H3. The Morgan fingerprint density at radius 3 is 1.00 bits per heavy atom. The minimum absolute atomic E-state index is 0.189. The van der Waals surface area contributed by atoms with Crippen molar-refractivity contribution in [3.63, 3.8) is 0 Å². The molecule has 5 fully saturated rings. The molecule has 0 radical (unpaired) electrons. The van der Waals surface area contributed by atoms with Gasteiger partial charge >= 0.3 is 0 Å². The fourth-order valence-corrected chi connectivity index (χ4v) is 5.65. The molecule has 5 rings (SSSR count). The lowest BCUT2D eigenvalue weighted by molar-refractivity contribution is -0.184. The Morgan fingerprint density at radius 1 is 0.429 bits per heavy atom. The van der Waals surface area contributed by atoms with Crippen molar-refractivity contribution in [2.45, 2.75) is 97.7 Å². The summed E-state index contributed by atoms with van der Waals surface area (Å²) < 4.78 is 11.3. The van der Waals surface area contributed by atoms with E-state index >= 15 is 0 Å². The molecule has 0 aromatic rings. The van der Waals surface area contributed by atoms with Crippen LogP contribution in [-0.2, 0) is 9.47 Å². The van der Waals surface area contributed by atoms with E-state index in [1.807, 2.05) is 0 Å². The quantitative estimate of drug-likeness (QED) is 0.548. The molecule has 208 valence electrons. The van der Waals surface area contributed by atoms with Gasteiger partial charge in [-0.1, -0.05) is 40.5 Å². The number of hydrogen-bond acceptors (Lipinski definition) is 6. The second-order valence-corrected chi connectivity index (χ2v) is 10.7. The maximum Gasteiger partial charge on any atom is 0.170 e. The largest absolute Gasteiger partial charge is 0.347 e. The number of hydrogen-bond donors (Lipinski definition) is 0. The molecular weight excluding hydrogens is 436 g/mol. The third kappa shape index (κ3) is 12.7. The van der Waals surface area contributed by atoms with Crippen LogP contribution in [0.25, 0.3) is 0 Å².